The number of halogens is 4. The Labute approximate surface area is 225 Å². The highest BCUT2D eigenvalue weighted by molar-refractivity contribution is 6.31. The van der Waals surface area contributed by atoms with Crippen LogP contribution in [-0.4, -0.2) is 82.5 Å². The van der Waals surface area contributed by atoms with E-state index in [1.165, 1.54) is 4.90 Å². The number of β-amino-alcohol motifs (C(OH)–C–C–N with tert-alkyl or cyclic N) is 1. The number of likely N-dealkylation sites (tertiary alicyclic amines) is 1. The number of anilines is 1. The van der Waals surface area contributed by atoms with Crippen LogP contribution in [0.5, 0.6) is 0 Å². The van der Waals surface area contributed by atoms with E-state index in [1.54, 1.807) is 16.7 Å². The number of benzene rings is 1. The SMILES string of the molecule is C[C@H]1C(=O)N(CCC(C)(C)C(=O)N2CCC3(CC3)[C@H](O)C2)CCN1C(=O)Nc1ccc(C(F)(F)F)c(Cl)c1. The molecule has 0 radical (unpaired) electrons. The number of amides is 4. The summed E-state index contributed by atoms with van der Waals surface area (Å²) in [4.78, 5) is 43.7. The number of hydrogen-bond acceptors (Lipinski definition) is 4. The first kappa shape index (κ1) is 28.5. The molecule has 3 fully saturated rings. The molecule has 1 aliphatic carbocycles. The number of carbonyl (C=O) groups is 3. The summed E-state index contributed by atoms with van der Waals surface area (Å²) in [6.45, 7) is 7.08. The van der Waals surface area contributed by atoms with E-state index in [0.29, 0.717) is 26.1 Å². The molecule has 210 valence electrons. The van der Waals surface area contributed by atoms with Gasteiger partial charge in [0.1, 0.15) is 6.04 Å². The molecule has 1 saturated carbocycles. The Morgan fingerprint density at radius 3 is 2.42 bits per heavy atom. The minimum absolute atomic E-state index is 0.00816. The second-order valence-corrected chi connectivity index (χ2v) is 11.7. The van der Waals surface area contributed by atoms with Gasteiger partial charge in [0.15, 0.2) is 0 Å². The van der Waals surface area contributed by atoms with Gasteiger partial charge < -0.3 is 25.1 Å². The first-order valence-electron chi connectivity index (χ1n) is 12.9. The van der Waals surface area contributed by atoms with Crippen LogP contribution in [0.25, 0.3) is 0 Å². The lowest BCUT2D eigenvalue weighted by Crippen LogP contribution is -2.59. The van der Waals surface area contributed by atoms with Gasteiger partial charge in [-0.15, -0.1) is 0 Å². The van der Waals surface area contributed by atoms with Gasteiger partial charge in [0, 0.05) is 43.8 Å². The van der Waals surface area contributed by atoms with Gasteiger partial charge in [0.25, 0.3) is 0 Å². The molecule has 1 aromatic carbocycles. The van der Waals surface area contributed by atoms with Crippen molar-refractivity contribution in [3.05, 3.63) is 28.8 Å². The highest BCUT2D eigenvalue weighted by Crippen LogP contribution is 2.54. The summed E-state index contributed by atoms with van der Waals surface area (Å²) >= 11 is 5.73. The quantitative estimate of drug-likeness (QED) is 0.566. The molecule has 2 heterocycles. The minimum Gasteiger partial charge on any atom is -0.391 e. The normalized spacial score (nSPS) is 23.6. The molecule has 2 saturated heterocycles. The van der Waals surface area contributed by atoms with E-state index >= 15 is 0 Å². The van der Waals surface area contributed by atoms with Gasteiger partial charge in [-0.1, -0.05) is 25.4 Å². The number of aliphatic hydroxyl groups excluding tert-OH is 1. The topological polar surface area (TPSA) is 93.2 Å². The summed E-state index contributed by atoms with van der Waals surface area (Å²) in [6.07, 6.45) is -1.82. The number of urea groups is 1. The number of nitrogens with zero attached hydrogens (tertiary/aromatic N) is 3. The Kier molecular flexibility index (Phi) is 7.66. The van der Waals surface area contributed by atoms with Crippen LogP contribution in [0.15, 0.2) is 18.2 Å². The molecule has 3 aliphatic rings. The van der Waals surface area contributed by atoms with Gasteiger partial charge in [-0.2, -0.15) is 13.2 Å². The lowest BCUT2D eigenvalue weighted by Gasteiger charge is -2.42. The molecule has 0 bridgehead atoms. The van der Waals surface area contributed by atoms with E-state index in [0.717, 1.165) is 37.5 Å². The monoisotopic (exact) mass is 558 g/mol. The van der Waals surface area contributed by atoms with Crippen molar-refractivity contribution >= 4 is 35.1 Å². The number of rotatable bonds is 5. The van der Waals surface area contributed by atoms with Crippen LogP contribution >= 0.6 is 11.6 Å². The molecule has 12 heteroatoms. The second-order valence-electron chi connectivity index (χ2n) is 11.3. The van der Waals surface area contributed by atoms with E-state index in [1.807, 2.05) is 13.8 Å². The molecule has 0 unspecified atom stereocenters. The Hall–Kier alpha value is -2.53. The first-order valence-corrected chi connectivity index (χ1v) is 13.2. The maximum Gasteiger partial charge on any atom is 0.417 e. The van der Waals surface area contributed by atoms with Gasteiger partial charge in [-0.3, -0.25) is 9.59 Å². The Bertz CT molecular complexity index is 1110. The number of hydrogen-bond donors (Lipinski definition) is 2. The summed E-state index contributed by atoms with van der Waals surface area (Å²) < 4.78 is 38.8. The van der Waals surface area contributed by atoms with Gasteiger partial charge in [-0.05, 0) is 56.2 Å². The molecule has 8 nitrogen and oxygen atoms in total. The third kappa shape index (κ3) is 5.73. The van der Waals surface area contributed by atoms with Gasteiger partial charge in [-0.25, -0.2) is 4.79 Å². The van der Waals surface area contributed by atoms with Crippen molar-refractivity contribution in [1.82, 2.24) is 14.7 Å². The summed E-state index contributed by atoms with van der Waals surface area (Å²) in [5, 5.41) is 12.4. The van der Waals surface area contributed by atoms with Crippen LogP contribution in [0.3, 0.4) is 0 Å². The lowest BCUT2D eigenvalue weighted by atomic mass is 9.84. The molecule has 4 rings (SSSR count). The second kappa shape index (κ2) is 10.2. The summed E-state index contributed by atoms with van der Waals surface area (Å²) in [7, 11) is 0. The number of nitrogens with one attached hydrogen (secondary N) is 1. The molecule has 2 N–H and O–H groups in total. The first-order chi connectivity index (χ1) is 17.6. The predicted octanol–water partition coefficient (Wildman–Crippen LogP) is 4.21. The van der Waals surface area contributed by atoms with E-state index in [9.17, 15) is 32.7 Å². The van der Waals surface area contributed by atoms with Crippen molar-refractivity contribution in [3.8, 4) is 0 Å². The largest absolute Gasteiger partial charge is 0.417 e. The van der Waals surface area contributed by atoms with Crippen LogP contribution in [0.1, 0.15) is 52.0 Å². The molecule has 0 aromatic heterocycles. The minimum atomic E-state index is -4.61. The number of aliphatic hydroxyl groups is 1. The van der Waals surface area contributed by atoms with E-state index in [4.69, 9.17) is 11.6 Å². The maximum atomic E-state index is 13.2. The zero-order valence-electron chi connectivity index (χ0n) is 21.8. The number of piperidine rings is 1. The van der Waals surface area contributed by atoms with Gasteiger partial charge in [0.2, 0.25) is 11.8 Å². The van der Waals surface area contributed by atoms with Crippen molar-refractivity contribution in [2.75, 3.05) is 38.0 Å². The molecule has 4 amide bonds. The third-order valence-corrected chi connectivity index (χ3v) is 8.59. The summed E-state index contributed by atoms with van der Waals surface area (Å²) in [6, 6.07) is 1.52. The van der Waals surface area contributed by atoms with Gasteiger partial charge >= 0.3 is 12.2 Å². The number of alkyl halides is 3. The average molecular weight is 559 g/mol. The van der Waals surface area contributed by atoms with E-state index in [2.05, 4.69) is 5.32 Å². The summed E-state index contributed by atoms with van der Waals surface area (Å²) in [5.41, 5.74) is -1.63. The predicted molar refractivity (Wildman–Crippen MR) is 135 cm³/mol. The van der Waals surface area contributed by atoms with Crippen molar-refractivity contribution in [2.24, 2.45) is 10.8 Å². The zero-order valence-corrected chi connectivity index (χ0v) is 22.5. The molecule has 2 aliphatic heterocycles. The Balaban J connectivity index is 1.30. The number of carbonyl (C=O) groups excluding carboxylic acids is 3. The smallest absolute Gasteiger partial charge is 0.391 e. The maximum absolute atomic E-state index is 13.2. The third-order valence-electron chi connectivity index (χ3n) is 8.28. The van der Waals surface area contributed by atoms with Crippen molar-refractivity contribution in [3.63, 3.8) is 0 Å². The summed E-state index contributed by atoms with van der Waals surface area (Å²) in [5.74, 6) is -0.315. The van der Waals surface area contributed by atoms with Crippen LogP contribution in [0.4, 0.5) is 23.7 Å². The average Bonchev–Trinajstić information content (AvgIpc) is 3.61. The van der Waals surface area contributed by atoms with E-state index < -0.39 is 40.4 Å². The highest BCUT2D eigenvalue weighted by atomic mass is 35.5. The lowest BCUT2D eigenvalue weighted by molar-refractivity contribution is -0.147. The fraction of sp³-hybridized carbons (Fsp3) is 0.654. The number of piperazine rings is 1. The van der Waals surface area contributed by atoms with Crippen molar-refractivity contribution in [2.45, 2.75) is 64.8 Å². The highest BCUT2D eigenvalue weighted by Gasteiger charge is 2.52. The van der Waals surface area contributed by atoms with Crippen LogP contribution in [-0.2, 0) is 15.8 Å². The van der Waals surface area contributed by atoms with Crippen molar-refractivity contribution in [1.29, 1.82) is 0 Å². The molecule has 1 aromatic rings. The molecule has 1 spiro atoms. The van der Waals surface area contributed by atoms with Crippen LogP contribution in [0, 0.1) is 10.8 Å². The fourth-order valence-electron chi connectivity index (χ4n) is 5.34. The molecular formula is C26H34ClF3N4O4. The Morgan fingerprint density at radius 2 is 1.84 bits per heavy atom. The standard InChI is InChI=1S/C26H34ClF3N4O4/c1-16-21(36)32(10-8-24(2,3)22(37)33-11-9-25(6-7-25)20(35)15-33)12-13-34(16)23(38)31-17-4-5-18(19(27)14-17)26(28,29)30/h4-5,14,16,20,35H,6-13,15H2,1-3H3,(H,31,38)/t16-,20+/m0/s1. The molecular weight excluding hydrogens is 525 g/mol. The molecule has 2 atom stereocenters. The van der Waals surface area contributed by atoms with Gasteiger partial charge in [0.05, 0.1) is 16.7 Å². The Morgan fingerprint density at radius 1 is 1.16 bits per heavy atom. The van der Waals surface area contributed by atoms with Crippen LogP contribution < -0.4 is 5.32 Å². The van der Waals surface area contributed by atoms with Crippen LogP contribution in [0.2, 0.25) is 5.02 Å². The van der Waals surface area contributed by atoms with E-state index in [-0.39, 0.29) is 36.0 Å². The van der Waals surface area contributed by atoms with Crippen molar-refractivity contribution < 1.29 is 32.7 Å². The molecule has 38 heavy (non-hydrogen) atoms. The zero-order chi connectivity index (χ0) is 28.0. The fourth-order valence-corrected chi connectivity index (χ4v) is 5.63.